The third kappa shape index (κ3) is 3.35. The molecule has 0 saturated heterocycles. The number of fused-ring (bicyclic) bond motifs is 1. The second-order valence-corrected chi connectivity index (χ2v) is 8.09. The van der Waals surface area contributed by atoms with Gasteiger partial charge in [-0.3, -0.25) is 10.1 Å². The molecule has 7 nitrogen and oxygen atoms in total. The molecule has 0 spiro atoms. The van der Waals surface area contributed by atoms with E-state index in [1.54, 1.807) is 6.92 Å². The summed E-state index contributed by atoms with van der Waals surface area (Å²) in [4.78, 5) is 18.4. The highest BCUT2D eigenvalue weighted by atomic mass is 32.1. The molecule has 28 heavy (non-hydrogen) atoms. The van der Waals surface area contributed by atoms with Crippen molar-refractivity contribution >= 4 is 22.4 Å². The fourth-order valence-corrected chi connectivity index (χ4v) is 3.96. The van der Waals surface area contributed by atoms with Crippen molar-refractivity contribution in [1.82, 2.24) is 10.1 Å². The van der Waals surface area contributed by atoms with Gasteiger partial charge in [-0.15, -0.1) is 11.3 Å². The van der Waals surface area contributed by atoms with Gasteiger partial charge in [0.25, 0.3) is 5.91 Å². The summed E-state index contributed by atoms with van der Waals surface area (Å²) in [6.07, 6.45) is 0. The lowest BCUT2D eigenvalue weighted by molar-refractivity contribution is 0.102. The lowest BCUT2D eigenvalue weighted by atomic mass is 10.0. The number of rotatable bonds is 4. The molecule has 3 aromatic rings. The minimum atomic E-state index is -0.259. The SMILES string of the molecule is Cc1onc(C(C)C)c1C(=O)Nc1nc(-c2ccc3c(c2)OCCO3)c(C)s1. The van der Waals surface area contributed by atoms with E-state index in [1.165, 1.54) is 11.3 Å². The number of hydrogen-bond acceptors (Lipinski definition) is 7. The highest BCUT2D eigenvalue weighted by molar-refractivity contribution is 7.16. The van der Waals surface area contributed by atoms with Gasteiger partial charge in [-0.05, 0) is 38.0 Å². The first kappa shape index (κ1) is 18.5. The van der Waals surface area contributed by atoms with Crippen molar-refractivity contribution in [2.75, 3.05) is 18.5 Å². The molecule has 1 N–H and O–H groups in total. The molecule has 1 aromatic carbocycles. The van der Waals surface area contributed by atoms with Gasteiger partial charge in [0.15, 0.2) is 16.6 Å². The van der Waals surface area contributed by atoms with Crippen molar-refractivity contribution in [3.63, 3.8) is 0 Å². The van der Waals surface area contributed by atoms with Gasteiger partial charge >= 0.3 is 0 Å². The molecule has 0 saturated carbocycles. The Morgan fingerprint density at radius 1 is 1.18 bits per heavy atom. The number of amides is 1. The van der Waals surface area contributed by atoms with Crippen molar-refractivity contribution < 1.29 is 18.8 Å². The van der Waals surface area contributed by atoms with Gasteiger partial charge in [0, 0.05) is 10.4 Å². The number of hydrogen-bond donors (Lipinski definition) is 1. The van der Waals surface area contributed by atoms with Crippen LogP contribution in [0.2, 0.25) is 0 Å². The number of carbonyl (C=O) groups is 1. The minimum absolute atomic E-state index is 0.0875. The second-order valence-electron chi connectivity index (χ2n) is 6.89. The van der Waals surface area contributed by atoms with E-state index >= 15 is 0 Å². The summed E-state index contributed by atoms with van der Waals surface area (Å²) in [5.41, 5.74) is 2.85. The van der Waals surface area contributed by atoms with Crippen LogP contribution in [-0.4, -0.2) is 29.3 Å². The molecule has 0 bridgehead atoms. The Morgan fingerprint density at radius 3 is 2.68 bits per heavy atom. The van der Waals surface area contributed by atoms with Crippen LogP contribution in [0.15, 0.2) is 22.7 Å². The quantitative estimate of drug-likeness (QED) is 0.692. The maximum absolute atomic E-state index is 12.8. The summed E-state index contributed by atoms with van der Waals surface area (Å²) in [5.74, 6) is 1.78. The predicted octanol–water partition coefficient (Wildman–Crippen LogP) is 4.56. The van der Waals surface area contributed by atoms with Gasteiger partial charge in [0.05, 0.1) is 11.4 Å². The van der Waals surface area contributed by atoms with Crippen LogP contribution in [0.25, 0.3) is 11.3 Å². The number of nitrogens with one attached hydrogen (secondary N) is 1. The van der Waals surface area contributed by atoms with E-state index in [0.717, 1.165) is 21.9 Å². The van der Waals surface area contributed by atoms with Crippen molar-refractivity contribution in [2.24, 2.45) is 0 Å². The lowest BCUT2D eigenvalue weighted by Gasteiger charge is -2.18. The Morgan fingerprint density at radius 2 is 1.93 bits per heavy atom. The van der Waals surface area contributed by atoms with Crippen LogP contribution >= 0.6 is 11.3 Å². The highest BCUT2D eigenvalue weighted by Gasteiger charge is 2.24. The summed E-state index contributed by atoms with van der Waals surface area (Å²) in [7, 11) is 0. The second kappa shape index (κ2) is 7.27. The zero-order valence-corrected chi connectivity index (χ0v) is 17.0. The standard InChI is InChI=1S/C20H21N3O4S/c1-10(2)17-16(11(3)27-23-17)19(24)22-20-21-18(12(4)28-20)13-5-6-14-15(9-13)26-8-7-25-14/h5-6,9-10H,7-8H2,1-4H3,(H,21,22,24). The van der Waals surface area contributed by atoms with E-state index in [-0.39, 0.29) is 11.8 Å². The molecule has 2 aromatic heterocycles. The van der Waals surface area contributed by atoms with Crippen molar-refractivity contribution in [3.8, 4) is 22.8 Å². The van der Waals surface area contributed by atoms with Crippen LogP contribution < -0.4 is 14.8 Å². The number of aromatic nitrogens is 2. The highest BCUT2D eigenvalue weighted by Crippen LogP contribution is 2.37. The summed E-state index contributed by atoms with van der Waals surface area (Å²) in [6, 6.07) is 5.75. The van der Waals surface area contributed by atoms with E-state index in [1.807, 2.05) is 39.0 Å². The topological polar surface area (TPSA) is 86.5 Å². The number of anilines is 1. The molecule has 0 radical (unpaired) electrons. The third-order valence-corrected chi connectivity index (χ3v) is 5.38. The maximum atomic E-state index is 12.8. The Bertz CT molecular complexity index is 1040. The van der Waals surface area contributed by atoms with Crippen molar-refractivity contribution in [3.05, 3.63) is 40.1 Å². The van der Waals surface area contributed by atoms with E-state index in [2.05, 4.69) is 15.5 Å². The van der Waals surface area contributed by atoms with Crippen LogP contribution in [-0.2, 0) is 0 Å². The molecular weight excluding hydrogens is 378 g/mol. The number of benzene rings is 1. The normalized spacial score (nSPS) is 13.0. The zero-order valence-electron chi connectivity index (χ0n) is 16.2. The van der Waals surface area contributed by atoms with Crippen LogP contribution in [0.5, 0.6) is 11.5 Å². The molecular formula is C20H21N3O4S. The maximum Gasteiger partial charge on any atom is 0.262 e. The molecule has 0 aliphatic carbocycles. The molecule has 0 unspecified atom stereocenters. The van der Waals surface area contributed by atoms with Crippen LogP contribution in [0.1, 0.15) is 46.5 Å². The average Bonchev–Trinajstić information content (AvgIpc) is 3.23. The Balaban J connectivity index is 1.60. The fraction of sp³-hybridized carbons (Fsp3) is 0.350. The first-order chi connectivity index (χ1) is 13.4. The molecule has 0 atom stereocenters. The van der Waals surface area contributed by atoms with Gasteiger partial charge in [-0.2, -0.15) is 0 Å². The van der Waals surface area contributed by atoms with Gasteiger partial charge < -0.3 is 14.0 Å². The molecule has 1 aliphatic heterocycles. The van der Waals surface area contributed by atoms with E-state index in [4.69, 9.17) is 14.0 Å². The predicted molar refractivity (Wildman–Crippen MR) is 107 cm³/mol. The summed E-state index contributed by atoms with van der Waals surface area (Å²) in [5, 5.41) is 7.43. The summed E-state index contributed by atoms with van der Waals surface area (Å²) in [6.45, 7) is 8.75. The summed E-state index contributed by atoms with van der Waals surface area (Å²) >= 11 is 1.43. The van der Waals surface area contributed by atoms with E-state index < -0.39 is 0 Å². The Kier molecular flexibility index (Phi) is 4.80. The van der Waals surface area contributed by atoms with Crippen LogP contribution in [0, 0.1) is 13.8 Å². The van der Waals surface area contributed by atoms with Crippen molar-refractivity contribution in [1.29, 1.82) is 0 Å². The minimum Gasteiger partial charge on any atom is -0.486 e. The fourth-order valence-electron chi connectivity index (χ4n) is 3.13. The van der Waals surface area contributed by atoms with E-state index in [0.29, 0.717) is 41.1 Å². The average molecular weight is 399 g/mol. The van der Waals surface area contributed by atoms with Gasteiger partial charge in [0.2, 0.25) is 0 Å². The molecule has 0 fully saturated rings. The third-order valence-electron chi connectivity index (χ3n) is 4.50. The number of ether oxygens (including phenoxy) is 2. The number of nitrogens with zero attached hydrogens (tertiary/aromatic N) is 2. The zero-order chi connectivity index (χ0) is 19.8. The number of aryl methyl sites for hydroxylation is 2. The molecule has 1 amide bonds. The number of thiazole rings is 1. The Hall–Kier alpha value is -2.87. The van der Waals surface area contributed by atoms with Crippen LogP contribution in [0.4, 0.5) is 5.13 Å². The largest absolute Gasteiger partial charge is 0.486 e. The van der Waals surface area contributed by atoms with Gasteiger partial charge in [-0.1, -0.05) is 19.0 Å². The Labute approximate surface area is 166 Å². The molecule has 4 rings (SSSR count). The monoisotopic (exact) mass is 399 g/mol. The molecule has 3 heterocycles. The van der Waals surface area contributed by atoms with Gasteiger partial charge in [0.1, 0.15) is 24.5 Å². The van der Waals surface area contributed by atoms with Crippen LogP contribution in [0.3, 0.4) is 0 Å². The molecule has 8 heteroatoms. The smallest absolute Gasteiger partial charge is 0.262 e. The van der Waals surface area contributed by atoms with E-state index in [9.17, 15) is 4.79 Å². The first-order valence-corrected chi connectivity index (χ1v) is 9.90. The lowest BCUT2D eigenvalue weighted by Crippen LogP contribution is -2.15. The molecule has 146 valence electrons. The molecule has 1 aliphatic rings. The van der Waals surface area contributed by atoms with Gasteiger partial charge in [-0.25, -0.2) is 4.98 Å². The van der Waals surface area contributed by atoms with Crippen molar-refractivity contribution in [2.45, 2.75) is 33.6 Å². The first-order valence-electron chi connectivity index (χ1n) is 9.09. The number of carbonyl (C=O) groups excluding carboxylic acids is 1. The summed E-state index contributed by atoms with van der Waals surface area (Å²) < 4.78 is 16.4.